The number of rotatable bonds is 3. The van der Waals surface area contributed by atoms with Gasteiger partial charge in [0.1, 0.15) is 5.56 Å². The van der Waals surface area contributed by atoms with Crippen LogP contribution in [0.15, 0.2) is 6.20 Å². The summed E-state index contributed by atoms with van der Waals surface area (Å²) in [6.07, 6.45) is -8.02. The third kappa shape index (κ3) is 2.51. The Morgan fingerprint density at radius 3 is 2.35 bits per heavy atom. The Hall–Kier alpha value is -1.73. The highest BCUT2D eigenvalue weighted by atomic mass is 19.4. The number of pyridine rings is 1. The lowest BCUT2D eigenvalue weighted by atomic mass is 10.0. The first-order chi connectivity index (χ1) is 7.82. The highest BCUT2D eigenvalue weighted by molar-refractivity contribution is 5.81. The molecule has 17 heavy (non-hydrogen) atoms. The molecule has 1 heterocycles. The van der Waals surface area contributed by atoms with E-state index in [1.165, 1.54) is 0 Å². The smallest absolute Gasteiger partial charge is 0.422 e. The fourth-order valence-corrected chi connectivity index (χ4v) is 1.25. The van der Waals surface area contributed by atoms with Crippen molar-refractivity contribution in [1.82, 2.24) is 4.98 Å². The Morgan fingerprint density at radius 1 is 1.41 bits per heavy atom. The van der Waals surface area contributed by atoms with Crippen molar-refractivity contribution < 1.29 is 31.5 Å². The maximum atomic E-state index is 12.6. The van der Waals surface area contributed by atoms with Gasteiger partial charge in [0, 0.05) is 17.3 Å². The molecule has 0 spiro atoms. The molecule has 8 heteroatoms. The Bertz CT molecular complexity index is 430. The molecule has 0 aromatic carbocycles. The van der Waals surface area contributed by atoms with Gasteiger partial charge in [0.2, 0.25) is 5.88 Å². The predicted molar refractivity (Wildman–Crippen MR) is 46.1 cm³/mol. The van der Waals surface area contributed by atoms with Gasteiger partial charge in [-0.15, -0.1) is 0 Å². The van der Waals surface area contributed by atoms with Crippen LogP contribution in [0.5, 0.6) is 5.88 Å². The molecule has 0 amide bonds. The van der Waals surface area contributed by atoms with Crippen LogP contribution in [0.4, 0.5) is 22.0 Å². The van der Waals surface area contributed by atoms with Gasteiger partial charge in [0.25, 0.3) is 6.43 Å². The van der Waals surface area contributed by atoms with E-state index >= 15 is 0 Å². The Kier molecular flexibility index (Phi) is 3.64. The molecule has 94 valence electrons. The number of methoxy groups -OCH3 is 1. The van der Waals surface area contributed by atoms with Crippen molar-refractivity contribution in [2.75, 3.05) is 7.11 Å². The van der Waals surface area contributed by atoms with Crippen molar-refractivity contribution in [3.05, 3.63) is 22.9 Å². The molecular weight excluding hydrogens is 249 g/mol. The van der Waals surface area contributed by atoms with Gasteiger partial charge in [-0.1, -0.05) is 0 Å². The normalized spacial score (nSPS) is 11.7. The molecule has 0 saturated carbocycles. The van der Waals surface area contributed by atoms with Crippen molar-refractivity contribution in [2.45, 2.75) is 12.6 Å². The maximum Gasteiger partial charge on any atom is 0.422 e. The van der Waals surface area contributed by atoms with E-state index in [-0.39, 0.29) is 6.29 Å². The van der Waals surface area contributed by atoms with Crippen LogP contribution >= 0.6 is 0 Å². The van der Waals surface area contributed by atoms with E-state index in [0.29, 0.717) is 6.20 Å². The van der Waals surface area contributed by atoms with Gasteiger partial charge >= 0.3 is 6.18 Å². The molecule has 0 atom stereocenters. The Labute approximate surface area is 92.2 Å². The third-order valence-electron chi connectivity index (χ3n) is 1.94. The average Bonchev–Trinajstić information content (AvgIpc) is 2.25. The monoisotopic (exact) mass is 255 g/mol. The van der Waals surface area contributed by atoms with Gasteiger partial charge in [-0.05, 0) is 0 Å². The topological polar surface area (TPSA) is 39.2 Å². The first-order valence-electron chi connectivity index (χ1n) is 4.20. The van der Waals surface area contributed by atoms with E-state index in [4.69, 9.17) is 0 Å². The minimum absolute atomic E-state index is 0.283. The molecule has 0 saturated heterocycles. The van der Waals surface area contributed by atoms with Crippen molar-refractivity contribution >= 4 is 6.29 Å². The number of aromatic nitrogens is 1. The SMILES string of the molecule is COc1ncc(C(F)F)c(C=O)c1C(F)(F)F. The van der Waals surface area contributed by atoms with Crippen LogP contribution in [0.1, 0.15) is 27.9 Å². The zero-order chi connectivity index (χ0) is 13.2. The molecule has 0 aliphatic carbocycles. The fraction of sp³-hybridized carbons (Fsp3) is 0.333. The molecule has 1 aromatic rings. The lowest BCUT2D eigenvalue weighted by Gasteiger charge is -2.15. The Balaban J connectivity index is 3.61. The maximum absolute atomic E-state index is 12.6. The lowest BCUT2D eigenvalue weighted by Crippen LogP contribution is -2.14. The van der Waals surface area contributed by atoms with Crippen molar-refractivity contribution in [1.29, 1.82) is 0 Å². The summed E-state index contributed by atoms with van der Waals surface area (Å²) < 4.78 is 66.9. The Morgan fingerprint density at radius 2 is 2.00 bits per heavy atom. The van der Waals surface area contributed by atoms with E-state index in [1.807, 2.05) is 0 Å². The number of ether oxygens (including phenoxy) is 1. The number of nitrogens with zero attached hydrogens (tertiary/aromatic N) is 1. The van der Waals surface area contributed by atoms with Crippen molar-refractivity contribution in [3.63, 3.8) is 0 Å². The average molecular weight is 255 g/mol. The second-order valence-electron chi connectivity index (χ2n) is 2.93. The number of carbonyl (C=O) groups is 1. The molecule has 0 fully saturated rings. The number of aldehydes is 1. The fourth-order valence-electron chi connectivity index (χ4n) is 1.25. The van der Waals surface area contributed by atoms with Crippen molar-refractivity contribution in [3.8, 4) is 5.88 Å². The molecule has 0 aliphatic heterocycles. The predicted octanol–water partition coefficient (Wildman–Crippen LogP) is 2.86. The van der Waals surface area contributed by atoms with Crippen LogP contribution in [0.2, 0.25) is 0 Å². The van der Waals surface area contributed by atoms with Gasteiger partial charge in [0.05, 0.1) is 7.11 Å². The first-order valence-corrected chi connectivity index (χ1v) is 4.20. The van der Waals surface area contributed by atoms with E-state index in [1.54, 1.807) is 0 Å². The summed E-state index contributed by atoms with van der Waals surface area (Å²) in [5.41, 5.74) is -3.82. The van der Waals surface area contributed by atoms with E-state index in [2.05, 4.69) is 9.72 Å². The van der Waals surface area contributed by atoms with E-state index in [0.717, 1.165) is 7.11 Å². The van der Waals surface area contributed by atoms with Gasteiger partial charge < -0.3 is 4.74 Å². The van der Waals surface area contributed by atoms with Crippen LogP contribution in [-0.4, -0.2) is 18.4 Å². The summed E-state index contributed by atoms with van der Waals surface area (Å²) in [4.78, 5) is 13.7. The molecule has 1 aromatic heterocycles. The molecular formula is C9H6F5NO2. The lowest BCUT2D eigenvalue weighted by molar-refractivity contribution is -0.139. The summed E-state index contributed by atoms with van der Waals surface area (Å²) in [5, 5.41) is 0. The van der Waals surface area contributed by atoms with Gasteiger partial charge in [0.15, 0.2) is 6.29 Å². The molecule has 0 N–H and O–H groups in total. The second-order valence-corrected chi connectivity index (χ2v) is 2.93. The van der Waals surface area contributed by atoms with Crippen LogP contribution in [-0.2, 0) is 6.18 Å². The minimum atomic E-state index is -5.00. The van der Waals surface area contributed by atoms with Crippen LogP contribution < -0.4 is 4.74 Å². The molecule has 3 nitrogen and oxygen atoms in total. The largest absolute Gasteiger partial charge is 0.481 e. The quantitative estimate of drug-likeness (QED) is 0.615. The van der Waals surface area contributed by atoms with Crippen LogP contribution in [0.25, 0.3) is 0 Å². The highest BCUT2D eigenvalue weighted by Crippen LogP contribution is 2.39. The summed E-state index contributed by atoms with van der Waals surface area (Å²) >= 11 is 0. The third-order valence-corrected chi connectivity index (χ3v) is 1.94. The number of alkyl halides is 5. The van der Waals surface area contributed by atoms with Gasteiger partial charge in [-0.2, -0.15) is 13.2 Å². The van der Waals surface area contributed by atoms with E-state index < -0.39 is 35.2 Å². The number of hydrogen-bond acceptors (Lipinski definition) is 3. The second kappa shape index (κ2) is 4.64. The first kappa shape index (κ1) is 13.3. The number of carbonyl (C=O) groups excluding carboxylic acids is 1. The standard InChI is InChI=1S/C9H6F5NO2/c1-17-8-6(9(12,13)14)5(3-16)4(2-15-8)7(10)11/h2-3,7H,1H3. The van der Waals surface area contributed by atoms with Gasteiger partial charge in [-0.3, -0.25) is 4.79 Å². The molecule has 1 rings (SSSR count). The molecule has 0 radical (unpaired) electrons. The number of hydrogen-bond donors (Lipinski definition) is 0. The van der Waals surface area contributed by atoms with Gasteiger partial charge in [-0.25, -0.2) is 13.8 Å². The number of halogens is 5. The summed E-state index contributed by atoms with van der Waals surface area (Å²) in [6.45, 7) is 0. The molecule has 0 aliphatic rings. The minimum Gasteiger partial charge on any atom is -0.481 e. The van der Waals surface area contributed by atoms with Crippen LogP contribution in [0.3, 0.4) is 0 Å². The van der Waals surface area contributed by atoms with Crippen LogP contribution in [0, 0.1) is 0 Å². The van der Waals surface area contributed by atoms with E-state index in [9.17, 15) is 26.7 Å². The summed E-state index contributed by atoms with van der Waals surface area (Å²) in [7, 11) is 0.897. The van der Waals surface area contributed by atoms with Crippen molar-refractivity contribution in [2.24, 2.45) is 0 Å². The molecule has 0 bridgehead atoms. The molecule has 0 unspecified atom stereocenters. The zero-order valence-corrected chi connectivity index (χ0v) is 8.39. The highest BCUT2D eigenvalue weighted by Gasteiger charge is 2.40. The summed E-state index contributed by atoms with van der Waals surface area (Å²) in [6, 6.07) is 0. The summed E-state index contributed by atoms with van der Waals surface area (Å²) in [5.74, 6) is -0.913. The zero-order valence-electron chi connectivity index (χ0n) is 8.39.